The Morgan fingerprint density at radius 3 is 2.36 bits per heavy atom. The first kappa shape index (κ1) is 16.2. The molecule has 0 N–H and O–H groups in total. The zero-order valence-electron chi connectivity index (χ0n) is 12.6. The van der Waals surface area contributed by atoms with Crippen LogP contribution in [-0.4, -0.2) is 15.0 Å². The highest BCUT2D eigenvalue weighted by molar-refractivity contribution is 7.92. The van der Waals surface area contributed by atoms with Crippen LogP contribution < -0.4 is 4.31 Å². The van der Waals surface area contributed by atoms with Crippen molar-refractivity contribution in [3.63, 3.8) is 0 Å². The number of benzene rings is 2. The van der Waals surface area contributed by atoms with Crippen LogP contribution in [0.1, 0.15) is 11.1 Å². The van der Waals surface area contributed by atoms with E-state index in [-0.39, 0.29) is 11.4 Å². The molecule has 0 saturated heterocycles. The Labute approximate surface area is 130 Å². The van der Waals surface area contributed by atoms with Crippen LogP contribution in [0.25, 0.3) is 0 Å². The first-order valence-electron chi connectivity index (χ1n) is 6.82. The zero-order valence-corrected chi connectivity index (χ0v) is 13.4. The minimum Gasteiger partial charge on any atom is -0.262 e. The normalized spacial score (nSPS) is 11.2. The van der Waals surface area contributed by atoms with Gasteiger partial charge in [-0.15, -0.1) is 6.58 Å². The van der Waals surface area contributed by atoms with Crippen molar-refractivity contribution in [3.8, 4) is 0 Å². The molecule has 0 aliphatic heterocycles. The van der Waals surface area contributed by atoms with Crippen molar-refractivity contribution in [2.45, 2.75) is 18.7 Å². The molecular formula is C17H18FNO2S. The third-order valence-electron chi connectivity index (χ3n) is 3.33. The van der Waals surface area contributed by atoms with E-state index in [2.05, 4.69) is 6.58 Å². The van der Waals surface area contributed by atoms with E-state index in [0.717, 1.165) is 23.3 Å². The predicted molar refractivity (Wildman–Crippen MR) is 87.0 cm³/mol. The molecule has 0 radical (unpaired) electrons. The second kappa shape index (κ2) is 6.32. The fraction of sp³-hybridized carbons (Fsp3) is 0.176. The summed E-state index contributed by atoms with van der Waals surface area (Å²) in [5.74, 6) is -0.471. The van der Waals surface area contributed by atoms with Gasteiger partial charge in [0.25, 0.3) is 10.0 Å². The second-order valence-corrected chi connectivity index (χ2v) is 6.93. The number of hydrogen-bond acceptors (Lipinski definition) is 2. The molecule has 0 spiro atoms. The van der Waals surface area contributed by atoms with E-state index in [4.69, 9.17) is 0 Å². The fourth-order valence-electron chi connectivity index (χ4n) is 2.17. The van der Waals surface area contributed by atoms with E-state index in [1.54, 1.807) is 0 Å². The fourth-order valence-corrected chi connectivity index (χ4v) is 3.66. The van der Waals surface area contributed by atoms with Gasteiger partial charge in [0.05, 0.1) is 17.1 Å². The highest BCUT2D eigenvalue weighted by Crippen LogP contribution is 2.27. The van der Waals surface area contributed by atoms with Gasteiger partial charge in [0.1, 0.15) is 5.82 Å². The molecule has 2 aromatic rings. The summed E-state index contributed by atoms with van der Waals surface area (Å²) in [5, 5.41) is 0. The van der Waals surface area contributed by atoms with E-state index >= 15 is 0 Å². The summed E-state index contributed by atoms with van der Waals surface area (Å²) in [6.45, 7) is 7.53. The first-order chi connectivity index (χ1) is 10.4. The van der Waals surface area contributed by atoms with Crippen LogP contribution in [-0.2, 0) is 10.0 Å². The molecule has 0 unspecified atom stereocenters. The third kappa shape index (κ3) is 3.20. The maximum Gasteiger partial charge on any atom is 0.264 e. The Hall–Kier alpha value is -2.14. The van der Waals surface area contributed by atoms with Crippen LogP contribution in [0, 0.1) is 19.7 Å². The van der Waals surface area contributed by atoms with Crippen molar-refractivity contribution in [1.82, 2.24) is 0 Å². The summed E-state index contributed by atoms with van der Waals surface area (Å²) in [6.07, 6.45) is 1.53. The van der Waals surface area contributed by atoms with Crippen molar-refractivity contribution in [1.29, 1.82) is 0 Å². The van der Waals surface area contributed by atoms with Gasteiger partial charge in [0, 0.05) is 0 Å². The van der Waals surface area contributed by atoms with Gasteiger partial charge in [-0.3, -0.25) is 4.31 Å². The molecule has 0 saturated carbocycles. The summed E-state index contributed by atoms with van der Waals surface area (Å²) >= 11 is 0. The topological polar surface area (TPSA) is 37.4 Å². The Kier molecular flexibility index (Phi) is 4.66. The summed E-state index contributed by atoms with van der Waals surface area (Å²) in [5.41, 5.74) is 2.41. The molecule has 2 rings (SSSR count). The van der Waals surface area contributed by atoms with Crippen molar-refractivity contribution >= 4 is 15.7 Å². The highest BCUT2D eigenvalue weighted by atomic mass is 32.2. The summed E-state index contributed by atoms with van der Waals surface area (Å²) < 4.78 is 40.0. The van der Waals surface area contributed by atoms with Crippen molar-refractivity contribution in [3.05, 3.63) is 72.1 Å². The zero-order chi connectivity index (χ0) is 16.3. The molecule has 0 atom stereocenters. The lowest BCUT2D eigenvalue weighted by Gasteiger charge is -2.25. The molecule has 0 aromatic heterocycles. The van der Waals surface area contributed by atoms with Gasteiger partial charge >= 0.3 is 0 Å². The average Bonchev–Trinajstić information content (AvgIpc) is 2.48. The lowest BCUT2D eigenvalue weighted by molar-refractivity contribution is 0.591. The van der Waals surface area contributed by atoms with Crippen LogP contribution in [0.3, 0.4) is 0 Å². The predicted octanol–water partition coefficient (Wildman–Crippen LogP) is 3.82. The number of anilines is 1. The summed E-state index contributed by atoms with van der Waals surface area (Å²) in [6, 6.07) is 10.4. The number of nitrogens with zero attached hydrogens (tertiary/aromatic N) is 1. The quantitative estimate of drug-likeness (QED) is 0.786. The molecular weight excluding hydrogens is 301 g/mol. The average molecular weight is 319 g/mol. The standard InChI is InChI=1S/C17H18FNO2S/c1-4-11-19(17-12-13(2)5-6-14(17)3)22(20,21)16-9-7-15(18)8-10-16/h4-10,12H,1,11H2,2-3H3. The van der Waals surface area contributed by atoms with E-state index in [9.17, 15) is 12.8 Å². The lowest BCUT2D eigenvalue weighted by atomic mass is 10.1. The van der Waals surface area contributed by atoms with Gasteiger partial charge in [0.2, 0.25) is 0 Å². The Morgan fingerprint density at radius 2 is 1.77 bits per heavy atom. The second-order valence-electron chi connectivity index (χ2n) is 5.07. The molecule has 0 bridgehead atoms. The van der Waals surface area contributed by atoms with Crippen molar-refractivity contribution < 1.29 is 12.8 Å². The minimum atomic E-state index is -3.78. The van der Waals surface area contributed by atoms with Crippen LogP contribution in [0.5, 0.6) is 0 Å². The molecule has 0 heterocycles. The molecule has 3 nitrogen and oxygen atoms in total. The van der Waals surface area contributed by atoms with E-state index in [1.807, 2.05) is 32.0 Å². The monoisotopic (exact) mass is 319 g/mol. The molecule has 0 aliphatic carbocycles. The van der Waals surface area contributed by atoms with Crippen molar-refractivity contribution in [2.75, 3.05) is 10.8 Å². The van der Waals surface area contributed by atoms with Gasteiger partial charge < -0.3 is 0 Å². The molecule has 0 aliphatic rings. The Morgan fingerprint density at radius 1 is 1.14 bits per heavy atom. The Balaban J connectivity index is 2.57. The smallest absolute Gasteiger partial charge is 0.262 e. The molecule has 0 fully saturated rings. The Bertz CT molecular complexity index is 783. The van der Waals surface area contributed by atoms with Gasteiger partial charge in [-0.2, -0.15) is 0 Å². The molecule has 116 valence electrons. The lowest BCUT2D eigenvalue weighted by Crippen LogP contribution is -2.31. The van der Waals surface area contributed by atoms with Crippen LogP contribution >= 0.6 is 0 Å². The van der Waals surface area contributed by atoms with Crippen molar-refractivity contribution in [2.24, 2.45) is 0 Å². The molecule has 22 heavy (non-hydrogen) atoms. The number of aryl methyl sites for hydroxylation is 2. The number of rotatable bonds is 5. The van der Waals surface area contributed by atoms with Crippen LogP contribution in [0.2, 0.25) is 0 Å². The number of sulfonamides is 1. The number of hydrogen-bond donors (Lipinski definition) is 0. The maximum atomic E-state index is 13.0. The third-order valence-corrected chi connectivity index (χ3v) is 5.12. The van der Waals surface area contributed by atoms with E-state index in [1.165, 1.54) is 22.5 Å². The molecule has 5 heteroatoms. The first-order valence-corrected chi connectivity index (χ1v) is 8.26. The summed E-state index contributed by atoms with van der Waals surface area (Å²) in [4.78, 5) is 0.0525. The van der Waals surface area contributed by atoms with Crippen LogP contribution in [0.4, 0.5) is 10.1 Å². The molecule has 0 amide bonds. The SMILES string of the molecule is C=CCN(c1cc(C)ccc1C)S(=O)(=O)c1ccc(F)cc1. The van der Waals surface area contributed by atoms with E-state index < -0.39 is 15.8 Å². The number of halogens is 1. The summed E-state index contributed by atoms with van der Waals surface area (Å²) in [7, 11) is -3.78. The van der Waals surface area contributed by atoms with Gasteiger partial charge in [0.15, 0.2) is 0 Å². The molecule has 2 aromatic carbocycles. The highest BCUT2D eigenvalue weighted by Gasteiger charge is 2.25. The minimum absolute atomic E-state index is 0.0525. The van der Waals surface area contributed by atoms with Gasteiger partial charge in [-0.05, 0) is 55.3 Å². The van der Waals surface area contributed by atoms with Gasteiger partial charge in [-0.25, -0.2) is 12.8 Å². The largest absolute Gasteiger partial charge is 0.264 e. The van der Waals surface area contributed by atoms with Crippen LogP contribution in [0.15, 0.2) is 60.0 Å². The van der Waals surface area contributed by atoms with E-state index in [0.29, 0.717) is 5.69 Å². The maximum absolute atomic E-state index is 13.0. The van der Waals surface area contributed by atoms with Gasteiger partial charge in [-0.1, -0.05) is 18.2 Å².